The molecule has 0 aliphatic carbocycles. The molecule has 7 heteroatoms. The second-order valence-corrected chi connectivity index (χ2v) is 4.00. The number of ether oxygens (including phenoxy) is 1. The summed E-state index contributed by atoms with van der Waals surface area (Å²) in [6.07, 6.45) is 1.75. The largest absolute Gasteiger partial charge is 0.467 e. The van der Waals surface area contributed by atoms with Crippen LogP contribution in [0, 0.1) is 0 Å². The lowest BCUT2D eigenvalue weighted by molar-refractivity contribution is 0.380. The number of hydrogen-bond donors (Lipinski definition) is 2. The van der Waals surface area contributed by atoms with Crippen LogP contribution in [-0.4, -0.2) is 27.0 Å². The molecule has 0 atom stereocenters. The third-order valence-electron chi connectivity index (χ3n) is 2.71. The Bertz CT molecular complexity index is 755. The van der Waals surface area contributed by atoms with Gasteiger partial charge in [0.2, 0.25) is 11.9 Å². The molecule has 0 radical (unpaired) electrons. The zero-order valence-electron chi connectivity index (χ0n) is 10.7. The van der Waals surface area contributed by atoms with E-state index in [1.165, 1.54) is 7.11 Å². The Kier molecular flexibility index (Phi) is 3.00. The zero-order valence-corrected chi connectivity index (χ0v) is 10.7. The van der Waals surface area contributed by atoms with Crippen molar-refractivity contribution in [2.24, 2.45) is 0 Å². The molecule has 0 unspecified atom stereocenters. The molecule has 7 nitrogen and oxygen atoms in total. The summed E-state index contributed by atoms with van der Waals surface area (Å²) >= 11 is 0. The number of methoxy groups -OCH3 is 1. The van der Waals surface area contributed by atoms with Crippen molar-refractivity contribution < 1.29 is 4.74 Å². The fraction of sp³-hybridized carbons (Fsp3) is 0.0769. The number of pyridine rings is 1. The topological polar surface area (TPSA) is 98.8 Å². The average Bonchev–Trinajstić information content (AvgIpc) is 2.47. The molecule has 2 aromatic heterocycles. The van der Waals surface area contributed by atoms with Gasteiger partial charge in [0.25, 0.3) is 0 Å². The maximum absolute atomic E-state index is 5.61. The lowest BCUT2D eigenvalue weighted by Crippen LogP contribution is -2.05. The first kappa shape index (κ1) is 12.1. The second-order valence-electron chi connectivity index (χ2n) is 4.00. The van der Waals surface area contributed by atoms with Gasteiger partial charge in [0, 0.05) is 11.6 Å². The summed E-state index contributed by atoms with van der Waals surface area (Å²) in [5, 5.41) is 4.07. The Morgan fingerprint density at radius 2 is 2.00 bits per heavy atom. The standard InChI is InChI=1S/C13H12N6O/c1-20-13-18-11(14)17-12(19-13)16-10-6-2-5-9-8(10)4-3-7-15-9/h2-7H,1H3,(H3,14,16,17,18,19). The normalized spacial score (nSPS) is 10.4. The number of nitrogens with two attached hydrogens (primary N) is 1. The fourth-order valence-corrected chi connectivity index (χ4v) is 1.85. The van der Waals surface area contributed by atoms with Gasteiger partial charge in [-0.05, 0) is 24.3 Å². The van der Waals surface area contributed by atoms with Gasteiger partial charge in [-0.15, -0.1) is 0 Å². The number of anilines is 3. The van der Waals surface area contributed by atoms with Crippen LogP contribution in [0.4, 0.5) is 17.6 Å². The number of benzene rings is 1. The number of hydrogen-bond acceptors (Lipinski definition) is 7. The lowest BCUT2D eigenvalue weighted by atomic mass is 10.2. The molecule has 0 amide bonds. The quantitative estimate of drug-likeness (QED) is 0.746. The van der Waals surface area contributed by atoms with Crippen molar-refractivity contribution in [3.63, 3.8) is 0 Å². The minimum atomic E-state index is 0.0951. The molecule has 0 saturated heterocycles. The third kappa shape index (κ3) is 2.28. The molecule has 1 aromatic carbocycles. The predicted octanol–water partition coefficient (Wildman–Crippen LogP) is 1.75. The van der Waals surface area contributed by atoms with Crippen LogP contribution in [0.1, 0.15) is 0 Å². The van der Waals surface area contributed by atoms with E-state index in [0.29, 0.717) is 5.95 Å². The highest BCUT2D eigenvalue weighted by atomic mass is 16.5. The van der Waals surface area contributed by atoms with E-state index in [1.807, 2.05) is 30.3 Å². The van der Waals surface area contributed by atoms with Gasteiger partial charge in [0.15, 0.2) is 0 Å². The van der Waals surface area contributed by atoms with E-state index < -0.39 is 0 Å². The number of nitrogens with one attached hydrogen (secondary N) is 1. The molecule has 0 fully saturated rings. The third-order valence-corrected chi connectivity index (χ3v) is 2.71. The predicted molar refractivity (Wildman–Crippen MR) is 75.8 cm³/mol. The molecular formula is C13H12N6O. The van der Waals surface area contributed by atoms with E-state index in [-0.39, 0.29) is 12.0 Å². The number of rotatable bonds is 3. The molecule has 0 saturated carbocycles. The average molecular weight is 268 g/mol. The van der Waals surface area contributed by atoms with Crippen molar-refractivity contribution in [1.29, 1.82) is 0 Å². The highest BCUT2D eigenvalue weighted by Crippen LogP contribution is 2.24. The van der Waals surface area contributed by atoms with Gasteiger partial charge in [-0.2, -0.15) is 15.0 Å². The maximum Gasteiger partial charge on any atom is 0.322 e. The Morgan fingerprint density at radius 1 is 1.10 bits per heavy atom. The van der Waals surface area contributed by atoms with Crippen LogP contribution >= 0.6 is 0 Å². The van der Waals surface area contributed by atoms with Gasteiger partial charge in [0.05, 0.1) is 18.3 Å². The molecule has 20 heavy (non-hydrogen) atoms. The van der Waals surface area contributed by atoms with Gasteiger partial charge in [-0.3, -0.25) is 4.98 Å². The van der Waals surface area contributed by atoms with E-state index in [2.05, 4.69) is 25.3 Å². The number of aromatic nitrogens is 4. The van der Waals surface area contributed by atoms with Crippen LogP contribution in [0.25, 0.3) is 10.9 Å². The molecule has 0 aliphatic heterocycles. The molecule has 2 heterocycles. The van der Waals surface area contributed by atoms with Crippen molar-refractivity contribution in [3.05, 3.63) is 36.5 Å². The summed E-state index contributed by atoms with van der Waals surface area (Å²) in [7, 11) is 1.47. The fourth-order valence-electron chi connectivity index (χ4n) is 1.85. The Labute approximate surface area is 114 Å². The molecule has 0 aliphatic rings. The van der Waals surface area contributed by atoms with Crippen LogP contribution in [-0.2, 0) is 0 Å². The van der Waals surface area contributed by atoms with Crippen LogP contribution in [0.3, 0.4) is 0 Å². The first-order chi connectivity index (χ1) is 9.76. The van der Waals surface area contributed by atoms with Gasteiger partial charge < -0.3 is 15.8 Å². The van der Waals surface area contributed by atoms with Crippen molar-refractivity contribution in [2.75, 3.05) is 18.2 Å². The minimum absolute atomic E-state index is 0.0951. The summed E-state index contributed by atoms with van der Waals surface area (Å²) in [6, 6.07) is 9.75. The van der Waals surface area contributed by atoms with Crippen LogP contribution in [0.2, 0.25) is 0 Å². The summed E-state index contributed by atoms with van der Waals surface area (Å²) in [6.45, 7) is 0. The van der Waals surface area contributed by atoms with E-state index in [9.17, 15) is 0 Å². The van der Waals surface area contributed by atoms with Crippen LogP contribution in [0.15, 0.2) is 36.5 Å². The van der Waals surface area contributed by atoms with Gasteiger partial charge >= 0.3 is 6.01 Å². The first-order valence-corrected chi connectivity index (χ1v) is 5.92. The van der Waals surface area contributed by atoms with Crippen molar-refractivity contribution in [3.8, 4) is 6.01 Å². The SMILES string of the molecule is COc1nc(N)nc(Nc2cccc3ncccc23)n1. The van der Waals surface area contributed by atoms with E-state index in [0.717, 1.165) is 16.6 Å². The van der Waals surface area contributed by atoms with Crippen molar-refractivity contribution in [1.82, 2.24) is 19.9 Å². The van der Waals surface area contributed by atoms with Gasteiger partial charge in [-0.1, -0.05) is 6.07 Å². The van der Waals surface area contributed by atoms with E-state index >= 15 is 0 Å². The molecule has 3 N–H and O–H groups in total. The summed E-state index contributed by atoms with van der Waals surface area (Å²) in [4.78, 5) is 16.3. The highest BCUT2D eigenvalue weighted by Gasteiger charge is 2.07. The summed E-state index contributed by atoms with van der Waals surface area (Å²) in [5.41, 5.74) is 7.32. The van der Waals surface area contributed by atoms with Crippen molar-refractivity contribution in [2.45, 2.75) is 0 Å². The summed E-state index contributed by atoms with van der Waals surface area (Å²) < 4.78 is 4.97. The number of nitrogens with zero attached hydrogens (tertiary/aromatic N) is 4. The Balaban J connectivity index is 2.03. The molecular weight excluding hydrogens is 256 g/mol. The van der Waals surface area contributed by atoms with Crippen LogP contribution in [0.5, 0.6) is 6.01 Å². The minimum Gasteiger partial charge on any atom is -0.467 e. The van der Waals surface area contributed by atoms with Gasteiger partial charge in [0.1, 0.15) is 0 Å². The zero-order chi connectivity index (χ0) is 13.9. The van der Waals surface area contributed by atoms with E-state index in [1.54, 1.807) is 6.20 Å². The molecule has 0 spiro atoms. The monoisotopic (exact) mass is 268 g/mol. The van der Waals surface area contributed by atoms with E-state index in [4.69, 9.17) is 10.5 Å². The molecule has 0 bridgehead atoms. The maximum atomic E-state index is 5.61. The highest BCUT2D eigenvalue weighted by molar-refractivity contribution is 5.92. The first-order valence-electron chi connectivity index (χ1n) is 5.92. The van der Waals surface area contributed by atoms with Crippen LogP contribution < -0.4 is 15.8 Å². The number of fused-ring (bicyclic) bond motifs is 1. The Hall–Kier alpha value is -2.96. The lowest BCUT2D eigenvalue weighted by Gasteiger charge is -2.08. The number of nitrogen functional groups attached to an aromatic ring is 1. The van der Waals surface area contributed by atoms with Gasteiger partial charge in [-0.25, -0.2) is 0 Å². The molecule has 3 rings (SSSR count). The Morgan fingerprint density at radius 3 is 2.85 bits per heavy atom. The van der Waals surface area contributed by atoms with Crippen molar-refractivity contribution >= 4 is 28.5 Å². The molecule has 3 aromatic rings. The summed E-state index contributed by atoms with van der Waals surface area (Å²) in [5.74, 6) is 0.420. The smallest absolute Gasteiger partial charge is 0.322 e. The molecule has 100 valence electrons. The second kappa shape index (κ2) is 4.96.